The van der Waals surface area contributed by atoms with Crippen molar-refractivity contribution in [3.8, 4) is 0 Å². The van der Waals surface area contributed by atoms with Gasteiger partial charge in [0.1, 0.15) is 0 Å². The van der Waals surface area contributed by atoms with Gasteiger partial charge in [-0.2, -0.15) is 0 Å². The average Bonchev–Trinajstić information content (AvgIpc) is 3.53. The van der Waals surface area contributed by atoms with Gasteiger partial charge < -0.3 is 41.4 Å². The highest BCUT2D eigenvalue weighted by molar-refractivity contribution is 5.95. The van der Waals surface area contributed by atoms with Crippen molar-refractivity contribution in [2.45, 2.75) is 103 Å². The fourth-order valence-corrected chi connectivity index (χ4v) is 8.06. The molecule has 5 rings (SSSR count). The molecule has 3 aliphatic rings. The molecular weight excluding hydrogens is 606 g/mol. The number of aromatic nitrogens is 3. The third-order valence-corrected chi connectivity index (χ3v) is 11.0. The Morgan fingerprint density at radius 1 is 1.08 bits per heavy atom. The highest BCUT2D eigenvalue weighted by Crippen LogP contribution is 2.44. The van der Waals surface area contributed by atoms with E-state index in [0.29, 0.717) is 50.1 Å². The maximum Gasteiger partial charge on any atom is 0.251 e. The van der Waals surface area contributed by atoms with Gasteiger partial charge in [-0.1, -0.05) is 64.4 Å². The zero-order valence-electron chi connectivity index (χ0n) is 29.1. The molecule has 1 amide bonds. The predicted octanol–water partition coefficient (Wildman–Crippen LogP) is 2.90. The summed E-state index contributed by atoms with van der Waals surface area (Å²) in [4.78, 5) is 13.2. The molecule has 8 N–H and O–H groups in total. The van der Waals surface area contributed by atoms with E-state index in [9.17, 15) is 15.0 Å². The third kappa shape index (κ3) is 9.98. The molecular formula is C36H61N9O3. The first-order valence-corrected chi connectivity index (χ1v) is 18.7. The summed E-state index contributed by atoms with van der Waals surface area (Å²) in [5.74, 6) is 2.86. The second-order valence-electron chi connectivity index (χ2n) is 14.3. The zero-order valence-corrected chi connectivity index (χ0v) is 29.1. The molecule has 0 radical (unpaired) electrons. The number of benzene rings is 1. The zero-order chi connectivity index (χ0) is 33.6. The number of hydrogen-bond donors (Lipinski definition) is 8. The van der Waals surface area contributed by atoms with E-state index >= 15 is 0 Å². The topological polar surface area (TPSA) is 160 Å². The average molecular weight is 668 g/mol. The van der Waals surface area contributed by atoms with E-state index in [1.54, 1.807) is 0 Å². The summed E-state index contributed by atoms with van der Waals surface area (Å²) >= 11 is 0. The van der Waals surface area contributed by atoms with E-state index < -0.39 is 6.10 Å². The molecule has 2 aliphatic heterocycles. The van der Waals surface area contributed by atoms with Crippen LogP contribution in [0.2, 0.25) is 0 Å². The minimum atomic E-state index is -0.791. The molecule has 268 valence electrons. The summed E-state index contributed by atoms with van der Waals surface area (Å²) in [5, 5.41) is 49.6. The minimum absolute atomic E-state index is 0.0402. The summed E-state index contributed by atoms with van der Waals surface area (Å²) in [6.45, 7) is 8.44. The van der Waals surface area contributed by atoms with Gasteiger partial charge in [-0.05, 0) is 62.4 Å². The van der Waals surface area contributed by atoms with Crippen molar-refractivity contribution in [2.24, 2.45) is 17.3 Å². The largest absolute Gasteiger partial charge is 0.394 e. The summed E-state index contributed by atoms with van der Waals surface area (Å²) in [6, 6.07) is 7.78. The van der Waals surface area contributed by atoms with Gasteiger partial charge in [-0.15, -0.1) is 10.2 Å². The van der Waals surface area contributed by atoms with Crippen molar-refractivity contribution in [1.82, 2.24) is 41.3 Å². The molecule has 3 unspecified atom stereocenters. The van der Waals surface area contributed by atoms with Crippen LogP contribution in [0.5, 0.6) is 0 Å². The van der Waals surface area contributed by atoms with E-state index in [2.05, 4.69) is 43.4 Å². The van der Waals surface area contributed by atoms with Gasteiger partial charge in [0, 0.05) is 56.1 Å². The minimum Gasteiger partial charge on any atom is -0.394 e. The lowest BCUT2D eigenvalue weighted by molar-refractivity contribution is 0.0932. The number of hydrogen-bond acceptors (Lipinski definition) is 10. The lowest BCUT2D eigenvalue weighted by Gasteiger charge is -2.45. The molecule has 3 heterocycles. The Morgan fingerprint density at radius 3 is 2.65 bits per heavy atom. The van der Waals surface area contributed by atoms with Crippen LogP contribution in [0.1, 0.15) is 106 Å². The molecule has 3 fully saturated rings. The monoisotopic (exact) mass is 667 g/mol. The number of nitrogens with zero attached hydrogens (tertiary/aromatic N) is 3. The van der Waals surface area contributed by atoms with Crippen molar-refractivity contribution in [3.05, 3.63) is 41.5 Å². The van der Waals surface area contributed by atoms with Gasteiger partial charge in [-0.3, -0.25) is 10.1 Å². The number of rotatable bonds is 14. The highest BCUT2D eigenvalue weighted by Gasteiger charge is 2.43. The van der Waals surface area contributed by atoms with Crippen molar-refractivity contribution >= 4 is 11.6 Å². The van der Waals surface area contributed by atoms with Gasteiger partial charge >= 0.3 is 0 Å². The maximum atomic E-state index is 13.2. The molecule has 2 saturated heterocycles. The Balaban J connectivity index is 1.30. The fraction of sp³-hybridized carbons (Fsp3) is 0.750. The Bertz CT molecular complexity index is 1250. The number of aliphatic hydroxyl groups is 2. The van der Waals surface area contributed by atoms with E-state index in [1.807, 2.05) is 24.3 Å². The fourth-order valence-electron chi connectivity index (χ4n) is 8.06. The van der Waals surface area contributed by atoms with Crippen LogP contribution >= 0.6 is 0 Å². The van der Waals surface area contributed by atoms with Crippen LogP contribution in [-0.2, 0) is 13.1 Å². The quantitative estimate of drug-likeness (QED) is 0.141. The van der Waals surface area contributed by atoms with Crippen LogP contribution in [0.15, 0.2) is 24.3 Å². The van der Waals surface area contributed by atoms with Gasteiger partial charge in [0.05, 0.1) is 25.3 Å². The number of piperidine rings is 1. The summed E-state index contributed by atoms with van der Waals surface area (Å²) in [7, 11) is 0. The van der Waals surface area contributed by atoms with Crippen LogP contribution in [0.4, 0.5) is 5.69 Å². The van der Waals surface area contributed by atoms with Crippen LogP contribution in [0, 0.1) is 17.3 Å². The first kappa shape index (κ1) is 36.7. The highest BCUT2D eigenvalue weighted by atomic mass is 16.3. The predicted molar refractivity (Wildman–Crippen MR) is 190 cm³/mol. The molecule has 12 heteroatoms. The van der Waals surface area contributed by atoms with Crippen LogP contribution in [0.3, 0.4) is 0 Å². The smallest absolute Gasteiger partial charge is 0.251 e. The third-order valence-electron chi connectivity index (χ3n) is 11.0. The Hall–Kier alpha value is -2.61. The van der Waals surface area contributed by atoms with Crippen molar-refractivity contribution < 1.29 is 15.0 Å². The van der Waals surface area contributed by atoms with Crippen LogP contribution < -0.4 is 31.9 Å². The molecule has 1 spiro atoms. The first-order chi connectivity index (χ1) is 23.5. The second kappa shape index (κ2) is 19.0. The number of anilines is 1. The Morgan fingerprint density at radius 2 is 1.88 bits per heavy atom. The SMILES string of the molecule is CCC1CNCCC1CNC(=O)c1cccc(NCc2nnc(C3NCNCC34CCCCCCCCC4)n2CCNC[C@H](O)CO)c1. The van der Waals surface area contributed by atoms with Crippen LogP contribution in [0.25, 0.3) is 0 Å². The van der Waals surface area contributed by atoms with Crippen LogP contribution in [-0.4, -0.2) is 89.5 Å². The molecule has 48 heavy (non-hydrogen) atoms. The molecule has 2 aromatic rings. The number of amides is 1. The standard InChI is InChI=1S/C36H61N9O3/c1-2-27-20-37-16-13-29(27)21-41-35(48)28-11-10-12-30(19-28)40-23-32-43-44-34(45(32)18-17-38-22-31(47)24-46)33-36(25-39-26-42-33)14-8-6-4-3-5-7-9-15-36/h10-12,19,27,29,31,33,37-40,42,46-47H,2-9,13-18,20-26H2,1H3,(H,41,48)/t27?,29?,31-,33?/m0/s1. The molecule has 1 aromatic heterocycles. The van der Waals surface area contributed by atoms with E-state index in [1.165, 1.54) is 44.9 Å². The Kier molecular flexibility index (Phi) is 14.5. The molecule has 0 bridgehead atoms. The molecule has 1 aliphatic carbocycles. The first-order valence-electron chi connectivity index (χ1n) is 18.7. The number of carbonyl (C=O) groups excluding carboxylic acids is 1. The lowest BCUT2D eigenvalue weighted by Crippen LogP contribution is -2.54. The number of aliphatic hydroxyl groups excluding tert-OH is 2. The van der Waals surface area contributed by atoms with Gasteiger partial charge in [0.25, 0.3) is 5.91 Å². The summed E-state index contributed by atoms with van der Waals surface area (Å²) in [5.41, 5.74) is 1.58. The lowest BCUT2D eigenvalue weighted by atomic mass is 9.70. The normalized spacial score (nSPS) is 24.2. The summed E-state index contributed by atoms with van der Waals surface area (Å²) < 4.78 is 2.23. The van der Waals surface area contributed by atoms with Gasteiger partial charge in [-0.25, -0.2) is 0 Å². The molecule has 1 saturated carbocycles. The molecule has 12 nitrogen and oxygen atoms in total. The number of carbonyl (C=O) groups is 1. The van der Waals surface area contributed by atoms with Gasteiger partial charge in [0.15, 0.2) is 11.6 Å². The van der Waals surface area contributed by atoms with E-state index in [0.717, 1.165) is 69.3 Å². The van der Waals surface area contributed by atoms with E-state index in [4.69, 9.17) is 10.2 Å². The van der Waals surface area contributed by atoms with Gasteiger partial charge in [0.2, 0.25) is 0 Å². The maximum absolute atomic E-state index is 13.2. The molecule has 1 aromatic carbocycles. The van der Waals surface area contributed by atoms with E-state index in [-0.39, 0.29) is 24.0 Å². The van der Waals surface area contributed by atoms with Crippen molar-refractivity contribution in [3.63, 3.8) is 0 Å². The van der Waals surface area contributed by atoms with Crippen molar-refractivity contribution in [1.29, 1.82) is 0 Å². The van der Waals surface area contributed by atoms with Crippen molar-refractivity contribution in [2.75, 3.05) is 57.9 Å². The Labute approximate surface area is 287 Å². The second-order valence-corrected chi connectivity index (χ2v) is 14.3. The molecule has 4 atom stereocenters. The summed E-state index contributed by atoms with van der Waals surface area (Å²) in [6.07, 6.45) is 12.7. The number of nitrogens with one attached hydrogen (secondary N) is 6.